The van der Waals surface area contributed by atoms with Gasteiger partial charge in [0.05, 0.1) is 5.56 Å². The van der Waals surface area contributed by atoms with Crippen LogP contribution in [0, 0.1) is 18.3 Å². The molecule has 1 atom stereocenters. The molecule has 1 unspecified atom stereocenters. The van der Waals surface area contributed by atoms with E-state index in [1.807, 2.05) is 42.5 Å². The lowest BCUT2D eigenvalue weighted by molar-refractivity contribution is -0.134. The molecule has 2 aromatic rings. The van der Waals surface area contributed by atoms with Crippen LogP contribution in [0.1, 0.15) is 49.4 Å². The number of alkyl halides is 2. The number of benzene rings is 2. The number of nitrogens with zero attached hydrogens (tertiary/aromatic N) is 4. The highest BCUT2D eigenvalue weighted by molar-refractivity contribution is 5.83. The monoisotopic (exact) mass is 486 g/mol. The summed E-state index contributed by atoms with van der Waals surface area (Å²) in [5, 5.41) is 9.28. The summed E-state index contributed by atoms with van der Waals surface area (Å²) >= 11 is 0. The van der Waals surface area contributed by atoms with E-state index in [0.717, 1.165) is 11.3 Å². The summed E-state index contributed by atoms with van der Waals surface area (Å²) in [5.41, 5.74) is 2.37. The first kappa shape index (κ1) is 28.1. The summed E-state index contributed by atoms with van der Waals surface area (Å²) in [7, 11) is 3.50. The first-order chi connectivity index (χ1) is 16.7. The number of nitriles is 1. The van der Waals surface area contributed by atoms with Crippen molar-refractivity contribution >= 4 is 11.6 Å². The quantitative estimate of drug-likeness (QED) is 0.537. The maximum Gasteiger partial charge on any atom is 0.387 e. The number of piperazine rings is 1. The third-order valence-corrected chi connectivity index (χ3v) is 5.95. The number of rotatable bonds is 7. The second kappa shape index (κ2) is 13.6. The van der Waals surface area contributed by atoms with Crippen LogP contribution in [0.15, 0.2) is 42.5 Å². The molecule has 1 aliphatic heterocycles. The molecule has 0 radical (unpaired) electrons. The predicted molar refractivity (Wildman–Crippen MR) is 135 cm³/mol. The molecule has 2 aromatic carbocycles. The Balaban J connectivity index is 0.00000100. The van der Waals surface area contributed by atoms with Crippen LogP contribution in [0.4, 0.5) is 14.5 Å². The molecule has 1 fully saturated rings. The molecule has 0 N–H and O–H groups in total. The summed E-state index contributed by atoms with van der Waals surface area (Å²) in [6.45, 7) is 5.55. The zero-order valence-electron chi connectivity index (χ0n) is 21.3. The smallest absolute Gasteiger partial charge is 0.387 e. The van der Waals surface area contributed by atoms with E-state index in [-0.39, 0.29) is 23.3 Å². The number of likely N-dealkylation sites (N-methyl/N-ethyl adjacent to an activating group) is 1. The van der Waals surface area contributed by atoms with E-state index in [1.165, 1.54) is 18.9 Å². The maximum absolute atomic E-state index is 12.9. The van der Waals surface area contributed by atoms with Crippen LogP contribution in [-0.2, 0) is 4.79 Å². The number of carbonyl (C=O) groups is 1. The van der Waals surface area contributed by atoms with Crippen LogP contribution >= 0.6 is 0 Å². The fraction of sp³-hybridized carbons (Fsp3) is 0.481. The second-order valence-corrected chi connectivity index (χ2v) is 8.70. The molecule has 0 saturated carbocycles. The molecule has 0 spiro atoms. The summed E-state index contributed by atoms with van der Waals surface area (Å²) < 4.78 is 30.2. The number of unbranched alkanes of at least 4 members (excludes halogenated alkanes) is 1. The highest BCUT2D eigenvalue weighted by Crippen LogP contribution is 2.32. The van der Waals surface area contributed by atoms with Crippen LogP contribution in [-0.4, -0.2) is 62.6 Å². The molecule has 8 heteroatoms. The zero-order chi connectivity index (χ0) is 26.0. The Kier molecular flexibility index (Phi) is 10.9. The lowest BCUT2D eigenvalue weighted by atomic mass is 10.0. The minimum absolute atomic E-state index is 0.0153. The molecule has 1 heterocycles. The van der Waals surface area contributed by atoms with Crippen molar-refractivity contribution in [1.29, 1.82) is 5.26 Å². The lowest BCUT2D eigenvalue weighted by Gasteiger charge is -2.40. The molecule has 1 aliphatic rings. The van der Waals surface area contributed by atoms with Gasteiger partial charge in [-0.3, -0.25) is 9.69 Å². The standard InChI is InChI=1S/C23H26F2N4O2.C4H10/c1-16-13-18(14-20(19(16)15-26)31-23(24)25)28-9-11-29(12-10-28)21(22(30)27(2)3)17-7-5-4-6-8-17;1-3-4-2/h4-8,13-14,21,23H,9-12H2,1-3H3;3-4H2,1-2H3. The average Bonchev–Trinajstić information content (AvgIpc) is 2.85. The number of ether oxygens (including phenoxy) is 1. The van der Waals surface area contributed by atoms with Gasteiger partial charge in [0, 0.05) is 52.0 Å². The van der Waals surface area contributed by atoms with Crippen molar-refractivity contribution in [2.45, 2.75) is 46.3 Å². The Labute approximate surface area is 207 Å². The second-order valence-electron chi connectivity index (χ2n) is 8.70. The van der Waals surface area contributed by atoms with Gasteiger partial charge in [0.2, 0.25) is 5.91 Å². The summed E-state index contributed by atoms with van der Waals surface area (Å²) in [6, 6.07) is 14.5. The van der Waals surface area contributed by atoms with Gasteiger partial charge >= 0.3 is 6.61 Å². The molecule has 0 aromatic heterocycles. The van der Waals surface area contributed by atoms with E-state index >= 15 is 0 Å². The number of halogens is 2. The molecule has 190 valence electrons. The summed E-state index contributed by atoms with van der Waals surface area (Å²) in [5.74, 6) is -0.0960. The van der Waals surface area contributed by atoms with Crippen LogP contribution in [0.5, 0.6) is 5.75 Å². The SMILES string of the molecule is CCCC.Cc1cc(N2CCN(C(C(=O)N(C)C)c3ccccc3)CC2)cc(OC(F)F)c1C#N. The molecule has 35 heavy (non-hydrogen) atoms. The lowest BCUT2D eigenvalue weighted by Crippen LogP contribution is -2.51. The molecule has 6 nitrogen and oxygen atoms in total. The van der Waals surface area contributed by atoms with Crippen LogP contribution in [0.25, 0.3) is 0 Å². The van der Waals surface area contributed by atoms with Crippen LogP contribution < -0.4 is 9.64 Å². The Morgan fingerprint density at radius 3 is 2.17 bits per heavy atom. The van der Waals surface area contributed by atoms with E-state index in [0.29, 0.717) is 31.7 Å². The molecule has 0 bridgehead atoms. The van der Waals surface area contributed by atoms with Gasteiger partial charge in [-0.15, -0.1) is 0 Å². The highest BCUT2D eigenvalue weighted by Gasteiger charge is 2.31. The van der Waals surface area contributed by atoms with Gasteiger partial charge in [-0.25, -0.2) is 0 Å². The van der Waals surface area contributed by atoms with Crippen molar-refractivity contribution in [2.75, 3.05) is 45.2 Å². The highest BCUT2D eigenvalue weighted by atomic mass is 19.3. The molecular weight excluding hydrogens is 450 g/mol. The zero-order valence-corrected chi connectivity index (χ0v) is 21.3. The third kappa shape index (κ3) is 7.66. The van der Waals surface area contributed by atoms with E-state index in [9.17, 15) is 18.8 Å². The van der Waals surface area contributed by atoms with Crippen molar-refractivity contribution in [2.24, 2.45) is 0 Å². The summed E-state index contributed by atoms with van der Waals surface area (Å²) in [6.07, 6.45) is 2.64. The number of anilines is 1. The van der Waals surface area contributed by atoms with E-state index in [4.69, 9.17) is 0 Å². The van der Waals surface area contributed by atoms with Crippen molar-refractivity contribution in [3.8, 4) is 11.8 Å². The van der Waals surface area contributed by atoms with Crippen LogP contribution in [0.3, 0.4) is 0 Å². The van der Waals surface area contributed by atoms with Gasteiger partial charge in [-0.2, -0.15) is 14.0 Å². The van der Waals surface area contributed by atoms with Gasteiger partial charge in [0.25, 0.3) is 0 Å². The molecule has 1 amide bonds. The maximum atomic E-state index is 12.9. The van der Waals surface area contributed by atoms with Crippen molar-refractivity contribution in [3.63, 3.8) is 0 Å². The molecule has 1 saturated heterocycles. The van der Waals surface area contributed by atoms with Gasteiger partial charge in [-0.1, -0.05) is 57.0 Å². The Bertz CT molecular complexity index is 983. The first-order valence-corrected chi connectivity index (χ1v) is 12.0. The van der Waals surface area contributed by atoms with Crippen molar-refractivity contribution < 1.29 is 18.3 Å². The topological polar surface area (TPSA) is 59.8 Å². The number of carbonyl (C=O) groups excluding carboxylic acids is 1. The Hall–Kier alpha value is -3.18. The molecule has 3 rings (SSSR count). The first-order valence-electron chi connectivity index (χ1n) is 12.0. The number of hydrogen-bond donors (Lipinski definition) is 0. The van der Waals surface area contributed by atoms with Gasteiger partial charge < -0.3 is 14.5 Å². The van der Waals surface area contributed by atoms with E-state index in [1.54, 1.807) is 25.9 Å². The van der Waals surface area contributed by atoms with Gasteiger partial charge in [-0.05, 0) is 24.1 Å². The molecule has 0 aliphatic carbocycles. The number of amides is 1. The fourth-order valence-electron chi connectivity index (χ4n) is 3.88. The fourth-order valence-corrected chi connectivity index (χ4v) is 3.88. The van der Waals surface area contributed by atoms with E-state index in [2.05, 4.69) is 28.4 Å². The Morgan fingerprint density at radius 1 is 1.09 bits per heavy atom. The average molecular weight is 487 g/mol. The largest absolute Gasteiger partial charge is 0.433 e. The van der Waals surface area contributed by atoms with E-state index < -0.39 is 6.61 Å². The summed E-state index contributed by atoms with van der Waals surface area (Å²) in [4.78, 5) is 18.7. The van der Waals surface area contributed by atoms with Crippen molar-refractivity contribution in [3.05, 3.63) is 59.2 Å². The minimum Gasteiger partial charge on any atom is -0.433 e. The Morgan fingerprint density at radius 2 is 1.69 bits per heavy atom. The number of aryl methyl sites for hydroxylation is 1. The van der Waals surface area contributed by atoms with Crippen LogP contribution in [0.2, 0.25) is 0 Å². The third-order valence-electron chi connectivity index (χ3n) is 5.95. The predicted octanol–water partition coefficient (Wildman–Crippen LogP) is 5.23. The van der Waals surface area contributed by atoms with Gasteiger partial charge in [0.15, 0.2) is 0 Å². The normalized spacial score (nSPS) is 14.5. The van der Waals surface area contributed by atoms with Crippen molar-refractivity contribution in [1.82, 2.24) is 9.80 Å². The number of hydrogen-bond acceptors (Lipinski definition) is 5. The minimum atomic E-state index is -3.00. The van der Waals surface area contributed by atoms with Gasteiger partial charge in [0.1, 0.15) is 17.9 Å². The molecular formula is C27H36F2N4O2.